The zero-order valence-electron chi connectivity index (χ0n) is 9.75. The van der Waals surface area contributed by atoms with Gasteiger partial charge in [0.1, 0.15) is 0 Å². The number of benzene rings is 1. The minimum atomic E-state index is 0. The molecular formula is C13H23N. The molecule has 1 aliphatic heterocycles. The van der Waals surface area contributed by atoms with E-state index in [1.165, 1.54) is 11.3 Å². The molecule has 0 radical (unpaired) electrons. The minimum absolute atomic E-state index is 0. The Bertz CT molecular complexity index is 281. The van der Waals surface area contributed by atoms with Gasteiger partial charge in [-0.05, 0) is 24.5 Å². The molecule has 0 aromatic heterocycles. The van der Waals surface area contributed by atoms with Gasteiger partial charge in [-0.3, -0.25) is 0 Å². The van der Waals surface area contributed by atoms with Gasteiger partial charge in [0.05, 0.1) is 0 Å². The summed E-state index contributed by atoms with van der Waals surface area (Å²) in [4.78, 5) is 2.37. The maximum absolute atomic E-state index is 2.37. The third-order valence-corrected chi connectivity index (χ3v) is 2.08. The Labute approximate surface area is 89.2 Å². The van der Waals surface area contributed by atoms with Gasteiger partial charge in [0.2, 0.25) is 0 Å². The van der Waals surface area contributed by atoms with Gasteiger partial charge < -0.3 is 4.90 Å². The Hall–Kier alpha value is -0.980. The predicted octanol–water partition coefficient (Wildman–Crippen LogP) is 3.93. The lowest BCUT2D eigenvalue weighted by Gasteiger charge is -2.34. The summed E-state index contributed by atoms with van der Waals surface area (Å²) in [6, 6.07) is 8.58. The molecular weight excluding hydrogens is 170 g/mol. The summed E-state index contributed by atoms with van der Waals surface area (Å²) < 4.78 is 0. The average Bonchev–Trinajstić information content (AvgIpc) is 2.07. The van der Waals surface area contributed by atoms with Gasteiger partial charge in [0.25, 0.3) is 0 Å². The van der Waals surface area contributed by atoms with Crippen LogP contribution in [-0.4, -0.2) is 6.54 Å². The molecule has 0 unspecified atom stereocenters. The van der Waals surface area contributed by atoms with E-state index >= 15 is 0 Å². The molecule has 1 heteroatoms. The van der Waals surface area contributed by atoms with Crippen molar-refractivity contribution in [3.05, 3.63) is 29.8 Å². The molecule has 1 aromatic carbocycles. The van der Waals surface area contributed by atoms with Gasteiger partial charge in [-0.1, -0.05) is 39.0 Å². The highest BCUT2D eigenvalue weighted by Gasteiger charge is 2.18. The lowest BCUT2D eigenvalue weighted by atomic mass is 10.0. The van der Waals surface area contributed by atoms with E-state index in [1.54, 1.807) is 0 Å². The van der Waals surface area contributed by atoms with Crippen molar-refractivity contribution < 1.29 is 1.43 Å². The lowest BCUT2D eigenvalue weighted by molar-refractivity contribution is 0.737. The van der Waals surface area contributed by atoms with Crippen molar-refractivity contribution in [1.29, 1.82) is 0 Å². The first-order valence-corrected chi connectivity index (χ1v) is 5.48. The monoisotopic (exact) mass is 194 g/mol. The summed E-state index contributed by atoms with van der Waals surface area (Å²) in [6.45, 7) is 11.0. The van der Waals surface area contributed by atoms with Gasteiger partial charge in [-0.2, -0.15) is 0 Å². The Kier molecular flexibility index (Phi) is 3.99. The van der Waals surface area contributed by atoms with Crippen molar-refractivity contribution in [3.63, 3.8) is 0 Å². The number of fused-ring (bicyclic) bond motifs is 1. The molecule has 80 valence electrons. The van der Waals surface area contributed by atoms with Gasteiger partial charge in [-0.15, -0.1) is 0 Å². The van der Waals surface area contributed by atoms with Crippen molar-refractivity contribution >= 4 is 5.69 Å². The summed E-state index contributed by atoms with van der Waals surface area (Å²) >= 11 is 0. The molecule has 14 heavy (non-hydrogen) atoms. The average molecular weight is 194 g/mol. The van der Waals surface area contributed by atoms with Crippen LogP contribution in [0.5, 0.6) is 0 Å². The summed E-state index contributed by atoms with van der Waals surface area (Å²) in [5.41, 5.74) is 2.91. The number of hydrogen-bond acceptors (Lipinski definition) is 1. The summed E-state index contributed by atoms with van der Waals surface area (Å²) in [5.74, 6) is 0.833. The normalized spacial score (nSPS) is 12.8. The summed E-state index contributed by atoms with van der Waals surface area (Å²) in [7, 11) is 0. The third kappa shape index (κ3) is 2.76. The SMILES string of the molecule is CC(C)C.CCN1Cc2ccccc21.[2HH]. The Morgan fingerprint density at radius 3 is 2.36 bits per heavy atom. The maximum Gasteiger partial charge on any atom is 0.0449 e. The van der Waals surface area contributed by atoms with Crippen LogP contribution in [0.4, 0.5) is 5.69 Å². The number of anilines is 1. The highest BCUT2D eigenvalue weighted by molar-refractivity contribution is 5.61. The van der Waals surface area contributed by atoms with Crippen LogP contribution in [0.3, 0.4) is 0 Å². The van der Waals surface area contributed by atoms with E-state index in [-0.39, 0.29) is 1.43 Å². The molecule has 1 aliphatic rings. The number of para-hydroxylation sites is 1. The van der Waals surface area contributed by atoms with Gasteiger partial charge in [0.15, 0.2) is 0 Å². The lowest BCUT2D eigenvalue weighted by Crippen LogP contribution is -2.31. The first kappa shape index (κ1) is 11.1. The molecule has 0 saturated carbocycles. The molecule has 0 saturated heterocycles. The molecule has 1 nitrogen and oxygen atoms in total. The minimum Gasteiger partial charge on any atom is -0.367 e. The van der Waals surface area contributed by atoms with Crippen LogP contribution in [0, 0.1) is 5.92 Å². The smallest absolute Gasteiger partial charge is 0.0449 e. The first-order chi connectivity index (χ1) is 6.65. The molecule has 2 rings (SSSR count). The van der Waals surface area contributed by atoms with Gasteiger partial charge >= 0.3 is 0 Å². The molecule has 0 aliphatic carbocycles. The van der Waals surface area contributed by atoms with Crippen LogP contribution >= 0.6 is 0 Å². The zero-order chi connectivity index (χ0) is 10.6. The van der Waals surface area contributed by atoms with Crippen molar-refractivity contribution in [3.8, 4) is 0 Å². The topological polar surface area (TPSA) is 3.24 Å². The van der Waals surface area contributed by atoms with Crippen LogP contribution in [0.2, 0.25) is 0 Å². The Morgan fingerprint density at radius 1 is 1.29 bits per heavy atom. The van der Waals surface area contributed by atoms with Gasteiger partial charge in [-0.25, -0.2) is 0 Å². The summed E-state index contributed by atoms with van der Waals surface area (Å²) in [6.07, 6.45) is 0. The highest BCUT2D eigenvalue weighted by atomic mass is 15.2. The molecule has 0 spiro atoms. The number of rotatable bonds is 1. The Balaban J connectivity index is 0.000000346. The van der Waals surface area contributed by atoms with E-state index in [4.69, 9.17) is 0 Å². The standard InChI is InChI=1S/C9H11N.C4H10.H2/c1-2-10-7-8-5-3-4-6-9(8)10;1-4(2)3;/h3-6H,2,7H2,1H3;4H,1-3H3;1H/i;;1+1. The fourth-order valence-corrected chi connectivity index (χ4v) is 1.43. The van der Waals surface area contributed by atoms with Crippen LogP contribution < -0.4 is 4.90 Å². The van der Waals surface area contributed by atoms with Crippen molar-refractivity contribution in [2.24, 2.45) is 5.92 Å². The molecule has 0 bridgehead atoms. The quantitative estimate of drug-likeness (QED) is 0.654. The van der Waals surface area contributed by atoms with Crippen molar-refractivity contribution in [1.82, 2.24) is 0 Å². The fraction of sp³-hybridized carbons (Fsp3) is 0.538. The fourth-order valence-electron chi connectivity index (χ4n) is 1.43. The van der Waals surface area contributed by atoms with Crippen molar-refractivity contribution in [2.45, 2.75) is 34.2 Å². The van der Waals surface area contributed by atoms with Crippen LogP contribution in [-0.2, 0) is 6.54 Å². The zero-order valence-corrected chi connectivity index (χ0v) is 9.75. The third-order valence-electron chi connectivity index (χ3n) is 2.08. The second-order valence-electron chi connectivity index (χ2n) is 4.37. The molecule has 1 aromatic rings. The van der Waals surface area contributed by atoms with Crippen molar-refractivity contribution in [2.75, 3.05) is 11.4 Å². The van der Waals surface area contributed by atoms with E-state index < -0.39 is 0 Å². The predicted molar refractivity (Wildman–Crippen MR) is 65.8 cm³/mol. The maximum atomic E-state index is 2.37. The molecule has 0 fully saturated rings. The Morgan fingerprint density at radius 2 is 1.86 bits per heavy atom. The first-order valence-electron chi connectivity index (χ1n) is 5.48. The van der Waals surface area contributed by atoms with E-state index in [0.29, 0.717) is 0 Å². The number of hydrogen-bond donors (Lipinski definition) is 0. The second kappa shape index (κ2) is 5.04. The molecule has 0 amide bonds. The largest absolute Gasteiger partial charge is 0.367 e. The molecule has 1 heterocycles. The number of nitrogens with zero attached hydrogens (tertiary/aromatic N) is 1. The molecule has 0 atom stereocenters. The van der Waals surface area contributed by atoms with E-state index in [1.807, 2.05) is 0 Å². The second-order valence-corrected chi connectivity index (χ2v) is 4.37. The van der Waals surface area contributed by atoms with Crippen LogP contribution in [0.15, 0.2) is 24.3 Å². The van der Waals surface area contributed by atoms with Crippen LogP contribution in [0.1, 0.15) is 34.7 Å². The van der Waals surface area contributed by atoms with Crippen LogP contribution in [0.25, 0.3) is 0 Å². The van der Waals surface area contributed by atoms with Gasteiger partial charge in [0, 0.05) is 20.2 Å². The molecule has 0 N–H and O–H groups in total. The van der Waals surface area contributed by atoms with E-state index in [2.05, 4.69) is 56.9 Å². The summed E-state index contributed by atoms with van der Waals surface area (Å²) in [5, 5.41) is 0. The van der Waals surface area contributed by atoms with E-state index in [9.17, 15) is 0 Å². The van der Waals surface area contributed by atoms with E-state index in [0.717, 1.165) is 19.0 Å². The highest BCUT2D eigenvalue weighted by Crippen LogP contribution is 2.31.